The summed E-state index contributed by atoms with van der Waals surface area (Å²) in [4.78, 5) is 24.8. The van der Waals surface area contributed by atoms with Crippen LogP contribution >= 0.6 is 7.60 Å². The first kappa shape index (κ1) is 24.3. The number of hydrogen-bond acceptors (Lipinski definition) is 7. The standard InChI is InChI=1S/C20H31O7P/c1-5-9-11-24-19(21)16-13-17(20(22)25-12-10-6-2)15-18(14-16)28(23,26-7-3)27-8-4/h13-15H,5-12H2,1-4H3. The van der Waals surface area contributed by atoms with Crippen molar-refractivity contribution in [3.63, 3.8) is 0 Å². The van der Waals surface area contributed by atoms with Gasteiger partial charge in [-0.15, -0.1) is 0 Å². The second-order valence-electron chi connectivity index (χ2n) is 6.08. The number of carbonyl (C=O) groups excluding carboxylic acids is 2. The molecule has 0 spiro atoms. The third-order valence-electron chi connectivity index (χ3n) is 3.77. The SMILES string of the molecule is CCCCOC(=O)c1cc(C(=O)OCCCC)cc(P(=O)(OCC)OCC)c1. The van der Waals surface area contributed by atoms with Gasteiger partial charge in [0, 0.05) is 0 Å². The molecule has 0 fully saturated rings. The van der Waals surface area contributed by atoms with Gasteiger partial charge in [-0.1, -0.05) is 26.7 Å². The summed E-state index contributed by atoms with van der Waals surface area (Å²) in [6.45, 7) is 8.19. The fraction of sp³-hybridized carbons (Fsp3) is 0.600. The lowest BCUT2D eigenvalue weighted by Gasteiger charge is -2.18. The molecule has 1 rings (SSSR count). The van der Waals surface area contributed by atoms with Crippen molar-refractivity contribution < 1.29 is 32.7 Å². The van der Waals surface area contributed by atoms with Gasteiger partial charge in [0.05, 0.1) is 42.9 Å². The minimum Gasteiger partial charge on any atom is -0.462 e. The molecule has 7 nitrogen and oxygen atoms in total. The van der Waals surface area contributed by atoms with Crippen molar-refractivity contribution in [3.8, 4) is 0 Å². The first-order valence-corrected chi connectivity index (χ1v) is 11.3. The smallest absolute Gasteiger partial charge is 0.361 e. The van der Waals surface area contributed by atoms with Gasteiger partial charge in [-0.05, 0) is 44.9 Å². The summed E-state index contributed by atoms with van der Waals surface area (Å²) in [5, 5.41) is 0.128. The minimum absolute atomic E-state index is 0.107. The second-order valence-corrected chi connectivity index (χ2v) is 8.11. The molecule has 1 aromatic rings. The van der Waals surface area contributed by atoms with Gasteiger partial charge < -0.3 is 18.5 Å². The van der Waals surface area contributed by atoms with Crippen LogP contribution in [0.5, 0.6) is 0 Å². The Morgan fingerprint density at radius 1 is 0.786 bits per heavy atom. The summed E-state index contributed by atoms with van der Waals surface area (Å²) >= 11 is 0. The van der Waals surface area contributed by atoms with E-state index in [1.165, 1.54) is 18.2 Å². The van der Waals surface area contributed by atoms with Gasteiger partial charge in [0.2, 0.25) is 0 Å². The highest BCUT2D eigenvalue weighted by molar-refractivity contribution is 7.62. The molecule has 0 aromatic heterocycles. The second kappa shape index (κ2) is 12.7. The Labute approximate surface area is 167 Å². The zero-order valence-corrected chi connectivity index (χ0v) is 18.1. The fourth-order valence-electron chi connectivity index (χ4n) is 2.32. The molecular weight excluding hydrogens is 383 g/mol. The molecule has 0 aliphatic heterocycles. The lowest BCUT2D eigenvalue weighted by atomic mass is 10.1. The largest absolute Gasteiger partial charge is 0.462 e. The summed E-state index contributed by atoms with van der Waals surface area (Å²) in [6, 6.07) is 4.17. The molecule has 0 atom stereocenters. The molecule has 0 aliphatic carbocycles. The van der Waals surface area contributed by atoms with Gasteiger partial charge in [0.1, 0.15) is 0 Å². The molecule has 0 unspecified atom stereocenters. The zero-order valence-electron chi connectivity index (χ0n) is 17.2. The average molecular weight is 414 g/mol. The number of esters is 2. The molecule has 28 heavy (non-hydrogen) atoms. The van der Waals surface area contributed by atoms with Crippen LogP contribution in [0.25, 0.3) is 0 Å². The quantitative estimate of drug-likeness (QED) is 0.267. The highest BCUT2D eigenvalue weighted by Crippen LogP contribution is 2.47. The Morgan fingerprint density at radius 2 is 1.21 bits per heavy atom. The van der Waals surface area contributed by atoms with Crippen LogP contribution < -0.4 is 5.30 Å². The average Bonchev–Trinajstić information content (AvgIpc) is 2.68. The van der Waals surface area contributed by atoms with Crippen LogP contribution in [0, 0.1) is 0 Å². The van der Waals surface area contributed by atoms with E-state index in [0.717, 1.165) is 25.7 Å². The number of carbonyl (C=O) groups is 2. The molecule has 0 aliphatic rings. The maximum Gasteiger partial charge on any atom is 0.361 e. The summed E-state index contributed by atoms with van der Waals surface area (Å²) in [7, 11) is -3.68. The van der Waals surface area contributed by atoms with E-state index in [0.29, 0.717) is 0 Å². The lowest BCUT2D eigenvalue weighted by molar-refractivity contribution is 0.0498. The van der Waals surface area contributed by atoms with E-state index in [1.54, 1.807) is 13.8 Å². The minimum atomic E-state index is -3.68. The molecular formula is C20H31O7P. The third kappa shape index (κ3) is 7.38. The Morgan fingerprint density at radius 3 is 1.57 bits per heavy atom. The monoisotopic (exact) mass is 414 g/mol. The number of rotatable bonds is 13. The Bertz CT molecular complexity index is 637. The molecule has 0 N–H and O–H groups in total. The molecule has 158 valence electrons. The van der Waals surface area contributed by atoms with Gasteiger partial charge >= 0.3 is 19.5 Å². The molecule has 0 heterocycles. The van der Waals surface area contributed by atoms with Gasteiger partial charge in [0.15, 0.2) is 0 Å². The van der Waals surface area contributed by atoms with Gasteiger partial charge in [-0.25, -0.2) is 9.59 Å². The van der Waals surface area contributed by atoms with E-state index in [4.69, 9.17) is 18.5 Å². The third-order valence-corrected chi connectivity index (χ3v) is 5.85. The number of hydrogen-bond donors (Lipinski definition) is 0. The molecule has 0 bridgehead atoms. The van der Waals surface area contributed by atoms with Crippen molar-refractivity contribution in [2.24, 2.45) is 0 Å². The molecule has 1 aromatic carbocycles. The highest BCUT2D eigenvalue weighted by Gasteiger charge is 2.29. The summed E-state index contributed by atoms with van der Waals surface area (Å²) < 4.78 is 34.3. The molecule has 0 saturated carbocycles. The van der Waals surface area contributed by atoms with Crippen LogP contribution in [0.1, 0.15) is 74.1 Å². The predicted octanol–water partition coefficient (Wildman–Crippen LogP) is 4.49. The van der Waals surface area contributed by atoms with Gasteiger partial charge in [-0.2, -0.15) is 0 Å². The van der Waals surface area contributed by atoms with Crippen LogP contribution in [0.2, 0.25) is 0 Å². The summed E-state index contributed by atoms with van der Waals surface area (Å²) in [5.41, 5.74) is 0.214. The van der Waals surface area contributed by atoms with E-state index in [1.807, 2.05) is 13.8 Å². The van der Waals surface area contributed by atoms with Crippen LogP contribution in [0.15, 0.2) is 18.2 Å². The van der Waals surface area contributed by atoms with Gasteiger partial charge in [-0.3, -0.25) is 4.57 Å². The molecule has 0 radical (unpaired) electrons. The van der Waals surface area contributed by atoms with Crippen molar-refractivity contribution in [2.45, 2.75) is 53.4 Å². The van der Waals surface area contributed by atoms with E-state index in [9.17, 15) is 14.2 Å². The Hall–Kier alpha value is -1.69. The van der Waals surface area contributed by atoms with E-state index >= 15 is 0 Å². The number of benzene rings is 1. The van der Waals surface area contributed by atoms with Crippen LogP contribution in [-0.2, 0) is 23.1 Å². The van der Waals surface area contributed by atoms with Crippen LogP contribution in [0.3, 0.4) is 0 Å². The topological polar surface area (TPSA) is 88.1 Å². The normalized spacial score (nSPS) is 11.3. The van der Waals surface area contributed by atoms with E-state index in [2.05, 4.69) is 0 Å². The maximum atomic E-state index is 13.1. The summed E-state index contributed by atoms with van der Waals surface area (Å²) in [6.07, 6.45) is 3.22. The van der Waals surface area contributed by atoms with Crippen molar-refractivity contribution in [2.75, 3.05) is 26.4 Å². The lowest BCUT2D eigenvalue weighted by Crippen LogP contribution is -2.18. The van der Waals surface area contributed by atoms with Crippen molar-refractivity contribution >= 4 is 24.8 Å². The molecule has 8 heteroatoms. The number of unbranched alkanes of at least 4 members (excludes halogenated alkanes) is 2. The highest BCUT2D eigenvalue weighted by atomic mass is 31.2. The van der Waals surface area contributed by atoms with E-state index in [-0.39, 0.29) is 42.9 Å². The van der Waals surface area contributed by atoms with Crippen molar-refractivity contribution in [1.29, 1.82) is 0 Å². The first-order valence-electron chi connectivity index (χ1n) is 9.80. The van der Waals surface area contributed by atoms with Gasteiger partial charge in [0.25, 0.3) is 0 Å². The predicted molar refractivity (Wildman–Crippen MR) is 107 cm³/mol. The molecule has 0 saturated heterocycles. The van der Waals surface area contributed by atoms with E-state index < -0.39 is 19.5 Å². The van der Waals surface area contributed by atoms with Crippen molar-refractivity contribution in [1.82, 2.24) is 0 Å². The Kier molecular flexibility index (Phi) is 11.0. The van der Waals surface area contributed by atoms with Crippen LogP contribution in [0.4, 0.5) is 0 Å². The maximum absolute atomic E-state index is 13.1. The Balaban J connectivity index is 3.27. The molecule has 0 amide bonds. The first-order chi connectivity index (χ1) is 13.4. The summed E-state index contributed by atoms with van der Waals surface area (Å²) in [5.74, 6) is -1.20. The zero-order chi connectivity index (χ0) is 21.0. The van der Waals surface area contributed by atoms with Crippen molar-refractivity contribution in [3.05, 3.63) is 29.3 Å². The fourth-order valence-corrected chi connectivity index (χ4v) is 3.96. The van der Waals surface area contributed by atoms with Crippen LogP contribution in [-0.4, -0.2) is 38.4 Å². The number of ether oxygens (including phenoxy) is 2.